The Morgan fingerprint density at radius 2 is 2.13 bits per heavy atom. The van der Waals surface area contributed by atoms with Crippen molar-refractivity contribution >= 4 is 17.2 Å². The minimum absolute atomic E-state index is 0.148. The number of aromatic nitrogens is 3. The van der Waals surface area contributed by atoms with Crippen LogP contribution in [0.1, 0.15) is 10.4 Å². The van der Waals surface area contributed by atoms with Crippen molar-refractivity contribution in [1.82, 2.24) is 19.7 Å². The monoisotopic (exact) mass is 328 g/mol. The fourth-order valence-electron chi connectivity index (χ4n) is 2.19. The molecule has 23 heavy (non-hydrogen) atoms. The predicted molar refractivity (Wildman–Crippen MR) is 89.6 cm³/mol. The maximum absolute atomic E-state index is 12.0. The van der Waals surface area contributed by atoms with E-state index in [4.69, 9.17) is 0 Å². The summed E-state index contributed by atoms with van der Waals surface area (Å²) in [5, 5.41) is 9.22. The Balaban J connectivity index is 1.58. The number of nitrogens with one attached hydrogen (secondary N) is 1. The molecule has 3 aromatic rings. The van der Waals surface area contributed by atoms with Gasteiger partial charge in [0.15, 0.2) is 0 Å². The van der Waals surface area contributed by atoms with Crippen LogP contribution in [0.4, 0.5) is 0 Å². The van der Waals surface area contributed by atoms with E-state index in [1.54, 1.807) is 35.3 Å². The Morgan fingerprint density at radius 3 is 2.91 bits per heavy atom. The first-order valence-electron chi connectivity index (χ1n) is 7.16. The molecule has 0 bridgehead atoms. The molecule has 0 aliphatic carbocycles. The summed E-state index contributed by atoms with van der Waals surface area (Å²) in [6, 6.07) is 9.15. The van der Waals surface area contributed by atoms with Crippen LogP contribution in [0.25, 0.3) is 10.6 Å². The Hall–Kier alpha value is -2.67. The lowest BCUT2D eigenvalue weighted by molar-refractivity contribution is 0.0950. The fourth-order valence-corrected chi connectivity index (χ4v) is 2.88. The van der Waals surface area contributed by atoms with E-state index in [0.29, 0.717) is 13.1 Å². The molecule has 0 atom stereocenters. The highest BCUT2D eigenvalue weighted by atomic mass is 32.1. The van der Waals surface area contributed by atoms with Crippen molar-refractivity contribution in [2.45, 2.75) is 6.54 Å². The van der Waals surface area contributed by atoms with E-state index in [-0.39, 0.29) is 17.0 Å². The number of aryl methyl sites for hydroxylation is 1. The minimum Gasteiger partial charge on any atom is -0.350 e. The maximum Gasteiger partial charge on any atom is 0.263 e. The molecular weight excluding hydrogens is 312 g/mol. The van der Waals surface area contributed by atoms with E-state index < -0.39 is 0 Å². The van der Waals surface area contributed by atoms with Gasteiger partial charge in [-0.3, -0.25) is 14.3 Å². The first-order chi connectivity index (χ1) is 11.1. The van der Waals surface area contributed by atoms with Crippen LogP contribution in [0.3, 0.4) is 0 Å². The molecule has 3 aromatic heterocycles. The SMILES string of the molecule is Cn1cccc(C(=O)NCCn2ccc(-c3cccs3)n2)c1=O. The molecule has 0 saturated heterocycles. The van der Waals surface area contributed by atoms with E-state index in [1.165, 1.54) is 10.6 Å². The summed E-state index contributed by atoms with van der Waals surface area (Å²) in [7, 11) is 1.62. The average molecular weight is 328 g/mol. The second kappa shape index (κ2) is 6.62. The third-order valence-electron chi connectivity index (χ3n) is 3.41. The van der Waals surface area contributed by atoms with Crippen LogP contribution in [0.2, 0.25) is 0 Å². The molecule has 3 heterocycles. The lowest BCUT2D eigenvalue weighted by Crippen LogP contribution is -2.33. The lowest BCUT2D eigenvalue weighted by Gasteiger charge is -2.06. The molecule has 1 N–H and O–H groups in total. The van der Waals surface area contributed by atoms with Gasteiger partial charge in [-0.25, -0.2) is 0 Å². The Bertz CT molecular complexity index is 864. The molecule has 0 aromatic carbocycles. The number of hydrogen-bond donors (Lipinski definition) is 1. The second-order valence-electron chi connectivity index (χ2n) is 5.04. The van der Waals surface area contributed by atoms with Gasteiger partial charge in [0.25, 0.3) is 11.5 Å². The smallest absolute Gasteiger partial charge is 0.263 e. The predicted octanol–water partition coefficient (Wildman–Crippen LogP) is 1.74. The number of hydrogen-bond acceptors (Lipinski definition) is 4. The van der Waals surface area contributed by atoms with Gasteiger partial charge in [-0.15, -0.1) is 11.3 Å². The van der Waals surface area contributed by atoms with E-state index >= 15 is 0 Å². The number of amides is 1. The molecule has 1 amide bonds. The van der Waals surface area contributed by atoms with Crippen molar-refractivity contribution in [3.8, 4) is 10.6 Å². The highest BCUT2D eigenvalue weighted by Gasteiger charge is 2.10. The maximum atomic E-state index is 12.0. The third kappa shape index (κ3) is 3.40. The van der Waals surface area contributed by atoms with Crippen molar-refractivity contribution in [3.63, 3.8) is 0 Å². The molecule has 3 rings (SSSR count). The van der Waals surface area contributed by atoms with Crippen LogP contribution < -0.4 is 10.9 Å². The van der Waals surface area contributed by atoms with Gasteiger partial charge >= 0.3 is 0 Å². The third-order valence-corrected chi connectivity index (χ3v) is 4.30. The first kappa shape index (κ1) is 15.2. The van der Waals surface area contributed by atoms with Gasteiger partial charge in [-0.05, 0) is 29.6 Å². The molecule has 0 aliphatic rings. The van der Waals surface area contributed by atoms with Gasteiger partial charge in [0, 0.05) is 26.0 Å². The number of nitrogens with zero attached hydrogens (tertiary/aromatic N) is 3. The second-order valence-corrected chi connectivity index (χ2v) is 5.98. The Morgan fingerprint density at radius 1 is 1.26 bits per heavy atom. The molecule has 0 saturated carbocycles. The van der Waals surface area contributed by atoms with Crippen LogP contribution in [-0.4, -0.2) is 26.8 Å². The molecule has 0 unspecified atom stereocenters. The average Bonchev–Trinajstić information content (AvgIpc) is 3.20. The standard InChI is InChI=1S/C16H16N4O2S/c1-19-8-2-4-12(16(19)22)15(21)17-7-10-20-9-6-13(18-20)14-5-3-11-23-14/h2-6,8-9,11H,7,10H2,1H3,(H,17,21). The van der Waals surface area contributed by atoms with E-state index in [1.807, 2.05) is 29.8 Å². The quantitative estimate of drug-likeness (QED) is 0.776. The summed E-state index contributed by atoms with van der Waals surface area (Å²) in [5.74, 6) is -0.364. The van der Waals surface area contributed by atoms with Gasteiger partial charge in [-0.1, -0.05) is 6.07 Å². The molecule has 6 nitrogen and oxygen atoms in total. The van der Waals surface area contributed by atoms with Crippen LogP contribution in [0.5, 0.6) is 0 Å². The van der Waals surface area contributed by atoms with Gasteiger partial charge in [-0.2, -0.15) is 5.10 Å². The molecule has 0 fully saturated rings. The van der Waals surface area contributed by atoms with Crippen molar-refractivity contribution in [2.24, 2.45) is 7.05 Å². The molecule has 118 valence electrons. The van der Waals surface area contributed by atoms with E-state index in [9.17, 15) is 9.59 Å². The summed E-state index contributed by atoms with van der Waals surface area (Å²) in [5.41, 5.74) is 0.766. The summed E-state index contributed by atoms with van der Waals surface area (Å²) in [6.07, 6.45) is 3.50. The number of thiophene rings is 1. The lowest BCUT2D eigenvalue weighted by atomic mass is 10.2. The Labute approximate surface area is 137 Å². The molecule has 7 heteroatoms. The molecule has 0 aliphatic heterocycles. The van der Waals surface area contributed by atoms with E-state index in [2.05, 4.69) is 10.4 Å². The van der Waals surface area contributed by atoms with Gasteiger partial charge in [0.1, 0.15) is 11.3 Å². The van der Waals surface area contributed by atoms with Crippen molar-refractivity contribution in [1.29, 1.82) is 0 Å². The van der Waals surface area contributed by atoms with Gasteiger partial charge in [0.2, 0.25) is 0 Å². The highest BCUT2D eigenvalue weighted by molar-refractivity contribution is 7.13. The zero-order valence-corrected chi connectivity index (χ0v) is 13.4. The molecule has 0 spiro atoms. The molecular formula is C16H16N4O2S. The number of rotatable bonds is 5. The number of carbonyl (C=O) groups excluding carboxylic acids is 1. The summed E-state index contributed by atoms with van der Waals surface area (Å²) >= 11 is 1.64. The zero-order valence-electron chi connectivity index (χ0n) is 12.6. The normalized spacial score (nSPS) is 10.7. The summed E-state index contributed by atoms with van der Waals surface area (Å²) in [6.45, 7) is 0.951. The first-order valence-corrected chi connectivity index (χ1v) is 8.04. The van der Waals surface area contributed by atoms with Crippen LogP contribution in [0, 0.1) is 0 Å². The largest absolute Gasteiger partial charge is 0.350 e. The van der Waals surface area contributed by atoms with Crippen molar-refractivity contribution in [2.75, 3.05) is 6.54 Å². The van der Waals surface area contributed by atoms with Crippen LogP contribution in [-0.2, 0) is 13.6 Å². The van der Waals surface area contributed by atoms with Crippen LogP contribution in [0.15, 0.2) is 52.9 Å². The van der Waals surface area contributed by atoms with Crippen molar-refractivity contribution in [3.05, 3.63) is 64.0 Å². The van der Waals surface area contributed by atoms with E-state index in [0.717, 1.165) is 10.6 Å². The zero-order chi connectivity index (χ0) is 16.2. The summed E-state index contributed by atoms with van der Waals surface area (Å²) in [4.78, 5) is 25.0. The minimum atomic E-state index is -0.364. The Kier molecular flexibility index (Phi) is 4.38. The molecule has 0 radical (unpaired) electrons. The van der Waals surface area contributed by atoms with Gasteiger partial charge in [0.05, 0.1) is 11.4 Å². The number of pyridine rings is 1. The highest BCUT2D eigenvalue weighted by Crippen LogP contribution is 2.22. The van der Waals surface area contributed by atoms with Crippen LogP contribution >= 0.6 is 11.3 Å². The summed E-state index contributed by atoms with van der Waals surface area (Å²) < 4.78 is 3.16. The van der Waals surface area contributed by atoms with Gasteiger partial charge < -0.3 is 9.88 Å². The fraction of sp³-hybridized carbons (Fsp3) is 0.188. The topological polar surface area (TPSA) is 68.9 Å². The van der Waals surface area contributed by atoms with Crippen molar-refractivity contribution < 1.29 is 4.79 Å². The number of carbonyl (C=O) groups is 1.